The fraction of sp³-hybridized carbons (Fsp3) is 0.500. The minimum absolute atomic E-state index is 0. The van der Waals surface area contributed by atoms with Crippen molar-refractivity contribution in [3.8, 4) is 5.75 Å². The monoisotopic (exact) mass is 331 g/mol. The van der Waals surface area contributed by atoms with Crippen molar-refractivity contribution in [1.82, 2.24) is 4.90 Å². The van der Waals surface area contributed by atoms with Crippen LogP contribution in [0.3, 0.4) is 0 Å². The molecule has 4 rings (SSSR count). The van der Waals surface area contributed by atoms with E-state index in [9.17, 15) is 9.90 Å². The van der Waals surface area contributed by atoms with E-state index in [-0.39, 0.29) is 26.5 Å². The highest BCUT2D eigenvalue weighted by molar-refractivity contribution is 5.88. The Morgan fingerprint density at radius 1 is 1.42 bits per heavy atom. The van der Waals surface area contributed by atoms with Crippen LogP contribution in [0.4, 0.5) is 0 Å². The van der Waals surface area contributed by atoms with Crippen LogP contribution in [0.2, 0.25) is 0 Å². The van der Waals surface area contributed by atoms with Gasteiger partial charge in [0.05, 0.1) is 14.0 Å². The van der Waals surface area contributed by atoms with Gasteiger partial charge in [0.2, 0.25) is 0 Å². The topological polar surface area (TPSA) is 70.0 Å². The second-order valence-electron chi connectivity index (χ2n) is 6.56. The normalized spacial score (nSPS) is 28.0. The van der Waals surface area contributed by atoms with Crippen molar-refractivity contribution in [1.29, 1.82) is 0 Å². The van der Waals surface area contributed by atoms with E-state index in [0.717, 1.165) is 31.5 Å². The third-order valence-corrected chi connectivity index (χ3v) is 4.99. The molecule has 1 atom stereocenters. The number of aliphatic hydroxyl groups is 1. The van der Waals surface area contributed by atoms with Crippen LogP contribution in [0.5, 0.6) is 5.75 Å². The maximum atomic E-state index is 11.1. The summed E-state index contributed by atoms with van der Waals surface area (Å²) < 4.78 is 5.90. The molecular weight excluding hydrogens is 305 g/mol. The zero-order valence-corrected chi connectivity index (χ0v) is 13.2. The van der Waals surface area contributed by atoms with Crippen molar-refractivity contribution in [2.24, 2.45) is 5.92 Å². The summed E-state index contributed by atoms with van der Waals surface area (Å²) in [6.45, 7) is 6.72. The summed E-state index contributed by atoms with van der Waals surface area (Å²) in [5, 5.41) is 20.0. The second-order valence-corrected chi connectivity index (χ2v) is 6.56. The predicted octanol–water partition coefficient (Wildman–Crippen LogP) is 0.765. The van der Waals surface area contributed by atoms with Crippen LogP contribution in [0, 0.1) is 5.92 Å². The number of hydrogen-bond acceptors (Lipinski definition) is 4. The summed E-state index contributed by atoms with van der Waals surface area (Å²) in [4.78, 5) is 13.4. The lowest BCUT2D eigenvalue weighted by atomic mass is 9.76. The smallest absolute Gasteiger partial charge is 0.335 e. The van der Waals surface area contributed by atoms with E-state index < -0.39 is 11.6 Å². The van der Waals surface area contributed by atoms with E-state index in [1.165, 1.54) is 6.07 Å². The largest absolute Gasteiger partial charge is 0.490 e. The van der Waals surface area contributed by atoms with Gasteiger partial charge in [-0.2, -0.15) is 0 Å². The number of carboxylic acid groups (broad SMARTS) is 1. The van der Waals surface area contributed by atoms with E-state index in [2.05, 4.69) is 11.5 Å². The molecule has 5 nitrogen and oxygen atoms in total. The lowest BCUT2D eigenvalue weighted by Crippen LogP contribution is -2.61. The van der Waals surface area contributed by atoms with Gasteiger partial charge in [-0.25, -0.2) is 4.79 Å². The minimum atomic E-state index is -0.960. The Labute approximate surface area is 144 Å². The number of ether oxygens (including phenoxy) is 1. The molecule has 0 amide bonds. The molecule has 2 bridgehead atoms. The number of aromatic carboxylic acids is 1. The summed E-state index contributed by atoms with van der Waals surface area (Å²) in [6, 6.07) is 4.82. The van der Waals surface area contributed by atoms with Gasteiger partial charge in [-0.05, 0) is 62.0 Å². The molecule has 2 N–H and O–H groups in total. The first-order valence-corrected chi connectivity index (χ1v) is 8.06. The van der Waals surface area contributed by atoms with Crippen molar-refractivity contribution in [3.63, 3.8) is 0 Å². The number of carbonyl (C=O) groups is 1. The van der Waals surface area contributed by atoms with Crippen LogP contribution < -0.4 is 4.74 Å². The molecule has 0 aliphatic carbocycles. The van der Waals surface area contributed by atoms with E-state index in [1.807, 2.05) is 0 Å². The standard InChI is InChI=1S/C18H23NO4.BH3/c1-2-3-13-10-14(17(20)21)4-5-16(13)23-12-18(22)11-19-8-6-15(18)7-9-19;/h2,4-5,10,15,22H,1,3,6-9,11-12H2,(H,20,21);1H3. The quantitative estimate of drug-likeness (QED) is 0.595. The predicted molar refractivity (Wildman–Crippen MR) is 96.9 cm³/mol. The zero-order valence-electron chi connectivity index (χ0n) is 13.2. The van der Waals surface area contributed by atoms with E-state index in [4.69, 9.17) is 9.84 Å². The summed E-state index contributed by atoms with van der Waals surface area (Å²) in [5.74, 6) is -0.0497. The Kier molecular flexibility index (Phi) is 5.72. The van der Waals surface area contributed by atoms with Gasteiger partial charge in [-0.1, -0.05) is 6.08 Å². The molecule has 130 valence electrons. The van der Waals surface area contributed by atoms with Crippen LogP contribution in [-0.4, -0.2) is 61.3 Å². The number of hydrogen-bond donors (Lipinski definition) is 2. The maximum Gasteiger partial charge on any atom is 0.335 e. The summed E-state index contributed by atoms with van der Waals surface area (Å²) in [5.41, 5.74) is 0.202. The summed E-state index contributed by atoms with van der Waals surface area (Å²) in [7, 11) is 0. The number of fused-ring (bicyclic) bond motifs is 3. The van der Waals surface area contributed by atoms with Crippen LogP contribution >= 0.6 is 0 Å². The van der Waals surface area contributed by atoms with Crippen molar-refractivity contribution in [3.05, 3.63) is 42.0 Å². The van der Waals surface area contributed by atoms with Gasteiger partial charge in [-0.3, -0.25) is 0 Å². The molecule has 0 aromatic heterocycles. The molecule has 3 saturated heterocycles. The third-order valence-electron chi connectivity index (χ3n) is 4.99. The van der Waals surface area contributed by atoms with E-state index >= 15 is 0 Å². The van der Waals surface area contributed by atoms with E-state index in [0.29, 0.717) is 18.7 Å². The Balaban J connectivity index is 0.00000208. The van der Waals surface area contributed by atoms with Crippen molar-refractivity contribution in [2.45, 2.75) is 24.9 Å². The Morgan fingerprint density at radius 2 is 2.12 bits per heavy atom. The second kappa shape index (κ2) is 7.41. The van der Waals surface area contributed by atoms with Crippen LogP contribution in [-0.2, 0) is 6.42 Å². The highest BCUT2D eigenvalue weighted by Crippen LogP contribution is 2.36. The number of nitrogens with zero attached hydrogens (tertiary/aromatic N) is 1. The van der Waals surface area contributed by atoms with Crippen molar-refractivity contribution < 1.29 is 19.7 Å². The number of carboxylic acids is 1. The molecule has 1 aromatic rings. The summed E-state index contributed by atoms with van der Waals surface area (Å²) in [6.07, 6.45) is 4.27. The molecule has 0 radical (unpaired) electrons. The molecule has 0 spiro atoms. The number of rotatable bonds is 6. The molecule has 1 unspecified atom stereocenters. The first-order valence-electron chi connectivity index (χ1n) is 8.06. The third kappa shape index (κ3) is 3.65. The Bertz CT molecular complexity index is 613. The van der Waals surface area contributed by atoms with Gasteiger partial charge in [0.25, 0.3) is 0 Å². The van der Waals surface area contributed by atoms with Gasteiger partial charge in [0.15, 0.2) is 0 Å². The zero-order chi connectivity index (χ0) is 16.4. The minimum Gasteiger partial charge on any atom is -0.490 e. The number of piperidine rings is 3. The Morgan fingerprint density at radius 3 is 2.67 bits per heavy atom. The fourth-order valence-corrected chi connectivity index (χ4v) is 3.68. The molecule has 3 aliphatic heterocycles. The van der Waals surface area contributed by atoms with Crippen LogP contribution in [0.25, 0.3) is 0 Å². The fourth-order valence-electron chi connectivity index (χ4n) is 3.68. The molecule has 1 aromatic carbocycles. The highest BCUT2D eigenvalue weighted by Gasteiger charge is 2.46. The van der Waals surface area contributed by atoms with Gasteiger partial charge in [0.1, 0.15) is 18.0 Å². The lowest BCUT2D eigenvalue weighted by molar-refractivity contribution is -0.131. The summed E-state index contributed by atoms with van der Waals surface area (Å²) >= 11 is 0. The molecule has 0 saturated carbocycles. The maximum absolute atomic E-state index is 11.1. The van der Waals surface area contributed by atoms with Crippen LogP contribution in [0.1, 0.15) is 28.8 Å². The molecule has 3 fully saturated rings. The average Bonchev–Trinajstić information content (AvgIpc) is 2.54. The van der Waals surface area contributed by atoms with Gasteiger partial charge in [-0.15, -0.1) is 6.58 Å². The number of benzene rings is 1. The van der Waals surface area contributed by atoms with Gasteiger partial charge in [0, 0.05) is 6.54 Å². The first-order chi connectivity index (χ1) is 11.0. The molecule has 24 heavy (non-hydrogen) atoms. The molecule has 6 heteroatoms. The molecular formula is C18H26BNO4. The average molecular weight is 331 g/mol. The van der Waals surface area contributed by atoms with Crippen LogP contribution in [0.15, 0.2) is 30.9 Å². The number of allylic oxidation sites excluding steroid dienone is 1. The molecule has 3 heterocycles. The van der Waals surface area contributed by atoms with Gasteiger partial charge >= 0.3 is 5.97 Å². The van der Waals surface area contributed by atoms with Crippen molar-refractivity contribution >= 4 is 14.4 Å². The Hall–Kier alpha value is -1.79. The highest BCUT2D eigenvalue weighted by atomic mass is 16.5. The lowest BCUT2D eigenvalue weighted by Gasteiger charge is -2.50. The van der Waals surface area contributed by atoms with Gasteiger partial charge < -0.3 is 19.8 Å². The first kappa shape index (κ1) is 18.6. The van der Waals surface area contributed by atoms with E-state index in [1.54, 1.807) is 18.2 Å². The molecule has 3 aliphatic rings. The van der Waals surface area contributed by atoms with Crippen molar-refractivity contribution in [2.75, 3.05) is 26.2 Å². The SMILES string of the molecule is B.C=CCc1cc(C(=O)O)ccc1OCC1(O)CN2CCC1CC2.